The number of hydrogen-bond donors (Lipinski definition) is 0. The molecule has 0 N–H and O–H groups in total. The third-order valence-electron chi connectivity index (χ3n) is 1.77. The summed E-state index contributed by atoms with van der Waals surface area (Å²) in [5.74, 6) is 0. The van der Waals surface area contributed by atoms with Crippen molar-refractivity contribution in [3.63, 3.8) is 0 Å². The SMILES string of the molecule is Cc1ccc(Cc2ccc(Cl)s2)s1. The van der Waals surface area contributed by atoms with Crippen LogP contribution in [0.25, 0.3) is 0 Å². The molecule has 0 atom stereocenters. The van der Waals surface area contributed by atoms with E-state index in [4.69, 9.17) is 11.6 Å². The Balaban J connectivity index is 2.14. The van der Waals surface area contributed by atoms with E-state index in [9.17, 15) is 0 Å². The van der Waals surface area contributed by atoms with Gasteiger partial charge >= 0.3 is 0 Å². The number of hydrogen-bond acceptors (Lipinski definition) is 2. The largest absolute Gasteiger partial charge is 0.145 e. The molecule has 0 amide bonds. The van der Waals surface area contributed by atoms with Crippen LogP contribution in [0.2, 0.25) is 4.34 Å². The van der Waals surface area contributed by atoms with Crippen LogP contribution in [-0.4, -0.2) is 0 Å². The summed E-state index contributed by atoms with van der Waals surface area (Å²) < 4.78 is 0.878. The Morgan fingerprint density at radius 1 is 1.08 bits per heavy atom. The van der Waals surface area contributed by atoms with Gasteiger partial charge in [-0.2, -0.15) is 0 Å². The Morgan fingerprint density at radius 2 is 1.77 bits per heavy atom. The Morgan fingerprint density at radius 3 is 2.31 bits per heavy atom. The van der Waals surface area contributed by atoms with E-state index in [1.165, 1.54) is 14.6 Å². The lowest BCUT2D eigenvalue weighted by Crippen LogP contribution is -1.76. The third kappa shape index (κ3) is 2.33. The highest BCUT2D eigenvalue weighted by Crippen LogP contribution is 2.26. The second-order valence-electron chi connectivity index (χ2n) is 2.89. The maximum atomic E-state index is 5.85. The number of rotatable bonds is 2. The maximum Gasteiger partial charge on any atom is 0.0931 e. The molecule has 0 spiro atoms. The monoisotopic (exact) mass is 228 g/mol. The van der Waals surface area contributed by atoms with Gasteiger partial charge in [0.25, 0.3) is 0 Å². The molecular formula is C10H9ClS2. The Labute approximate surface area is 90.8 Å². The van der Waals surface area contributed by atoms with E-state index in [-0.39, 0.29) is 0 Å². The molecule has 0 radical (unpaired) electrons. The molecule has 3 heteroatoms. The molecule has 2 aromatic rings. The van der Waals surface area contributed by atoms with Gasteiger partial charge in [-0.15, -0.1) is 22.7 Å². The van der Waals surface area contributed by atoms with Crippen molar-refractivity contribution < 1.29 is 0 Å². The van der Waals surface area contributed by atoms with Crippen LogP contribution >= 0.6 is 34.3 Å². The molecule has 0 aliphatic rings. The van der Waals surface area contributed by atoms with E-state index in [2.05, 4.69) is 25.1 Å². The van der Waals surface area contributed by atoms with E-state index in [1.807, 2.05) is 17.4 Å². The summed E-state index contributed by atoms with van der Waals surface area (Å²) in [7, 11) is 0. The van der Waals surface area contributed by atoms with Crippen molar-refractivity contribution in [2.45, 2.75) is 13.3 Å². The second kappa shape index (κ2) is 3.82. The van der Waals surface area contributed by atoms with Gasteiger partial charge in [0.15, 0.2) is 0 Å². The summed E-state index contributed by atoms with van der Waals surface area (Å²) >= 11 is 9.37. The van der Waals surface area contributed by atoms with Crippen LogP contribution in [0.4, 0.5) is 0 Å². The molecule has 0 aliphatic carbocycles. The van der Waals surface area contributed by atoms with Crippen LogP contribution < -0.4 is 0 Å². The van der Waals surface area contributed by atoms with Crippen LogP contribution in [0, 0.1) is 6.92 Å². The van der Waals surface area contributed by atoms with Crippen LogP contribution in [0.1, 0.15) is 14.6 Å². The standard InChI is InChI=1S/C10H9ClS2/c1-7-2-3-8(12-7)6-9-4-5-10(11)13-9/h2-5H,6H2,1H3. The average Bonchev–Trinajstić information content (AvgIpc) is 2.62. The van der Waals surface area contributed by atoms with Crippen molar-refractivity contribution in [3.8, 4) is 0 Å². The molecule has 0 aliphatic heterocycles. The van der Waals surface area contributed by atoms with Crippen molar-refractivity contribution in [2.24, 2.45) is 0 Å². The van der Waals surface area contributed by atoms with Crippen LogP contribution in [0.3, 0.4) is 0 Å². The summed E-state index contributed by atoms with van der Waals surface area (Å²) in [5, 5.41) is 0. The summed E-state index contributed by atoms with van der Waals surface area (Å²) in [6.45, 7) is 2.13. The highest BCUT2D eigenvalue weighted by atomic mass is 35.5. The van der Waals surface area contributed by atoms with Gasteiger partial charge in [0.05, 0.1) is 4.34 Å². The van der Waals surface area contributed by atoms with Gasteiger partial charge in [0.1, 0.15) is 0 Å². The number of aryl methyl sites for hydroxylation is 1. The van der Waals surface area contributed by atoms with Gasteiger partial charge in [0, 0.05) is 21.1 Å². The van der Waals surface area contributed by atoms with Crippen molar-refractivity contribution in [2.75, 3.05) is 0 Å². The fourth-order valence-electron chi connectivity index (χ4n) is 1.20. The Hall–Kier alpha value is -0.310. The minimum Gasteiger partial charge on any atom is -0.145 e. The Kier molecular flexibility index (Phi) is 2.72. The predicted molar refractivity (Wildman–Crippen MR) is 61.2 cm³/mol. The fraction of sp³-hybridized carbons (Fsp3) is 0.200. The molecule has 0 bridgehead atoms. The normalized spacial score (nSPS) is 10.6. The molecule has 0 saturated heterocycles. The first-order chi connectivity index (χ1) is 6.24. The van der Waals surface area contributed by atoms with Crippen molar-refractivity contribution in [3.05, 3.63) is 43.2 Å². The first kappa shape index (κ1) is 9.25. The van der Waals surface area contributed by atoms with E-state index in [1.54, 1.807) is 11.3 Å². The molecule has 0 nitrogen and oxygen atoms in total. The topological polar surface area (TPSA) is 0 Å². The zero-order chi connectivity index (χ0) is 9.26. The van der Waals surface area contributed by atoms with E-state index >= 15 is 0 Å². The minimum absolute atomic E-state index is 0.878. The Bertz CT molecular complexity index is 362. The smallest absolute Gasteiger partial charge is 0.0931 e. The quantitative estimate of drug-likeness (QED) is 0.717. The van der Waals surface area contributed by atoms with E-state index in [0.29, 0.717) is 0 Å². The lowest BCUT2D eigenvalue weighted by Gasteiger charge is -1.91. The van der Waals surface area contributed by atoms with Gasteiger partial charge in [-0.1, -0.05) is 11.6 Å². The van der Waals surface area contributed by atoms with Gasteiger partial charge in [-0.3, -0.25) is 0 Å². The average molecular weight is 229 g/mol. The molecular weight excluding hydrogens is 220 g/mol. The molecule has 68 valence electrons. The van der Waals surface area contributed by atoms with Crippen molar-refractivity contribution >= 4 is 34.3 Å². The molecule has 2 heterocycles. The summed E-state index contributed by atoms with van der Waals surface area (Å²) in [4.78, 5) is 4.13. The maximum absolute atomic E-state index is 5.85. The first-order valence-corrected chi connectivity index (χ1v) is 6.04. The lowest BCUT2D eigenvalue weighted by atomic mass is 10.3. The summed E-state index contributed by atoms with van der Waals surface area (Å²) in [6, 6.07) is 8.41. The van der Waals surface area contributed by atoms with E-state index in [0.717, 1.165) is 10.8 Å². The molecule has 13 heavy (non-hydrogen) atoms. The third-order valence-corrected chi connectivity index (χ3v) is 4.01. The molecule has 2 aromatic heterocycles. The highest BCUT2D eigenvalue weighted by molar-refractivity contribution is 7.16. The second-order valence-corrected chi connectivity index (χ2v) is 6.07. The van der Waals surface area contributed by atoms with Gasteiger partial charge < -0.3 is 0 Å². The summed E-state index contributed by atoms with van der Waals surface area (Å²) in [5.41, 5.74) is 0. The van der Waals surface area contributed by atoms with Gasteiger partial charge in [0.2, 0.25) is 0 Å². The molecule has 0 fully saturated rings. The molecule has 0 aromatic carbocycles. The molecule has 0 saturated carbocycles. The van der Waals surface area contributed by atoms with E-state index < -0.39 is 0 Å². The van der Waals surface area contributed by atoms with Crippen LogP contribution in [0.15, 0.2) is 24.3 Å². The van der Waals surface area contributed by atoms with Crippen molar-refractivity contribution in [1.29, 1.82) is 0 Å². The highest BCUT2D eigenvalue weighted by Gasteiger charge is 2.01. The molecule has 2 rings (SSSR count). The number of thiophene rings is 2. The van der Waals surface area contributed by atoms with Crippen LogP contribution in [0.5, 0.6) is 0 Å². The summed E-state index contributed by atoms with van der Waals surface area (Å²) in [6.07, 6.45) is 1.02. The fourth-order valence-corrected chi connectivity index (χ4v) is 3.31. The van der Waals surface area contributed by atoms with Gasteiger partial charge in [-0.05, 0) is 31.2 Å². The van der Waals surface area contributed by atoms with Crippen LogP contribution in [-0.2, 0) is 6.42 Å². The minimum atomic E-state index is 0.878. The van der Waals surface area contributed by atoms with Crippen molar-refractivity contribution in [1.82, 2.24) is 0 Å². The lowest BCUT2D eigenvalue weighted by molar-refractivity contribution is 1.31. The van der Waals surface area contributed by atoms with Gasteiger partial charge in [-0.25, -0.2) is 0 Å². The zero-order valence-corrected chi connectivity index (χ0v) is 9.60. The zero-order valence-electron chi connectivity index (χ0n) is 7.21. The predicted octanol–water partition coefficient (Wildman–Crippen LogP) is 4.36. The number of halogens is 1. The molecule has 0 unspecified atom stereocenters. The first-order valence-electron chi connectivity index (χ1n) is 4.03.